The van der Waals surface area contributed by atoms with Crippen molar-refractivity contribution in [3.63, 3.8) is 0 Å². The molecule has 2 bridgehead atoms. The molecule has 0 unspecified atom stereocenters. The maximum atomic E-state index is 12.1. The van der Waals surface area contributed by atoms with Gasteiger partial charge in [0.05, 0.1) is 5.60 Å². The molecule has 2 fully saturated rings. The van der Waals surface area contributed by atoms with Crippen molar-refractivity contribution in [2.75, 3.05) is 5.32 Å². The van der Waals surface area contributed by atoms with Crippen molar-refractivity contribution in [1.29, 1.82) is 0 Å². The summed E-state index contributed by atoms with van der Waals surface area (Å²) in [5, 5.41) is 2.77. The van der Waals surface area contributed by atoms with E-state index >= 15 is 0 Å². The quantitative estimate of drug-likeness (QED) is 0.915. The summed E-state index contributed by atoms with van der Waals surface area (Å²) in [6.07, 6.45) is 2.24. The second-order valence-corrected chi connectivity index (χ2v) is 6.72. The lowest BCUT2D eigenvalue weighted by Gasteiger charge is -2.31. The van der Waals surface area contributed by atoms with Crippen molar-refractivity contribution < 1.29 is 14.3 Å². The second kappa shape index (κ2) is 5.02. The van der Waals surface area contributed by atoms with Crippen LogP contribution in [0.1, 0.15) is 40.0 Å². The largest absolute Gasteiger partial charge is 0.443 e. The molecule has 3 atom stereocenters. The van der Waals surface area contributed by atoms with Crippen molar-refractivity contribution in [1.82, 2.24) is 0 Å². The molecule has 1 aromatic rings. The van der Waals surface area contributed by atoms with Crippen molar-refractivity contribution in [3.8, 4) is 0 Å². The Morgan fingerprint density at radius 3 is 2.67 bits per heavy atom. The highest BCUT2D eigenvalue weighted by Gasteiger charge is 2.61. The van der Waals surface area contributed by atoms with Gasteiger partial charge in [-0.3, -0.25) is 5.32 Å². The average molecular weight is 289 g/mol. The highest BCUT2D eigenvalue weighted by molar-refractivity contribution is 5.84. The van der Waals surface area contributed by atoms with Crippen molar-refractivity contribution in [3.05, 3.63) is 30.3 Å². The molecule has 0 radical (unpaired) electrons. The van der Waals surface area contributed by atoms with Gasteiger partial charge in [-0.25, -0.2) is 4.79 Å². The number of nitrogens with one attached hydrogen (secondary N) is 1. The molecule has 4 heteroatoms. The van der Waals surface area contributed by atoms with Gasteiger partial charge in [0, 0.05) is 12.1 Å². The lowest BCUT2D eigenvalue weighted by Crippen LogP contribution is -2.40. The van der Waals surface area contributed by atoms with E-state index in [0.717, 1.165) is 24.9 Å². The van der Waals surface area contributed by atoms with Gasteiger partial charge < -0.3 is 9.47 Å². The first-order valence-electron chi connectivity index (χ1n) is 7.66. The van der Waals surface area contributed by atoms with Crippen LogP contribution >= 0.6 is 0 Å². The fourth-order valence-electron chi connectivity index (χ4n) is 3.53. The first kappa shape index (κ1) is 14.4. The lowest BCUT2D eigenvalue weighted by atomic mass is 9.75. The number of amides is 1. The molecule has 0 saturated carbocycles. The molecule has 21 heavy (non-hydrogen) atoms. The predicted octanol–water partition coefficient (Wildman–Crippen LogP) is 3.97. The standard InChI is InChI=1S/C17H23NO3/c1-12(2)17-10-9-16(3,21-17)14(11-17)20-15(19)18-13-7-5-4-6-8-13/h4-8,12,14H,9-11H2,1-3H3,(H,18,19)/t14-,16+,17-/m1/s1. The van der Waals surface area contributed by atoms with Crippen molar-refractivity contribution >= 4 is 11.8 Å². The van der Waals surface area contributed by atoms with E-state index < -0.39 is 6.09 Å². The van der Waals surface area contributed by atoms with Gasteiger partial charge in [-0.2, -0.15) is 0 Å². The smallest absolute Gasteiger partial charge is 0.411 e. The lowest BCUT2D eigenvalue weighted by molar-refractivity contribution is -0.0807. The molecular weight excluding hydrogens is 266 g/mol. The van der Waals surface area contributed by atoms with Crippen LogP contribution in [0.15, 0.2) is 30.3 Å². The van der Waals surface area contributed by atoms with Crippen LogP contribution in [-0.2, 0) is 9.47 Å². The molecule has 2 aliphatic heterocycles. The first-order chi connectivity index (χ1) is 9.93. The maximum Gasteiger partial charge on any atom is 0.411 e. The molecule has 2 aliphatic rings. The molecule has 114 valence electrons. The number of fused-ring (bicyclic) bond motifs is 2. The molecule has 2 heterocycles. The molecular formula is C17H23NO3. The summed E-state index contributed by atoms with van der Waals surface area (Å²) >= 11 is 0. The molecule has 0 aliphatic carbocycles. The van der Waals surface area contributed by atoms with Crippen LogP contribution in [0.2, 0.25) is 0 Å². The summed E-state index contributed by atoms with van der Waals surface area (Å²) in [4.78, 5) is 12.1. The third kappa shape index (κ3) is 2.53. The van der Waals surface area contributed by atoms with Crippen LogP contribution in [0.5, 0.6) is 0 Å². The van der Waals surface area contributed by atoms with Crippen LogP contribution in [0, 0.1) is 5.92 Å². The van der Waals surface area contributed by atoms with Gasteiger partial charge in [-0.1, -0.05) is 32.0 Å². The van der Waals surface area contributed by atoms with E-state index in [2.05, 4.69) is 26.1 Å². The molecule has 1 N–H and O–H groups in total. The Hall–Kier alpha value is -1.55. The van der Waals surface area contributed by atoms with E-state index in [4.69, 9.17) is 9.47 Å². The number of ether oxygens (including phenoxy) is 2. The normalized spacial score (nSPS) is 34.2. The molecule has 0 aromatic heterocycles. The third-order valence-electron chi connectivity index (χ3n) is 5.01. The number of carbonyl (C=O) groups excluding carboxylic acids is 1. The predicted molar refractivity (Wildman–Crippen MR) is 81.2 cm³/mol. The van der Waals surface area contributed by atoms with Crippen molar-refractivity contribution in [2.24, 2.45) is 5.92 Å². The zero-order valence-corrected chi connectivity index (χ0v) is 12.9. The Balaban J connectivity index is 1.65. The monoisotopic (exact) mass is 289 g/mol. The fourth-order valence-corrected chi connectivity index (χ4v) is 3.53. The van der Waals surface area contributed by atoms with Gasteiger partial charge in [-0.15, -0.1) is 0 Å². The number of hydrogen-bond donors (Lipinski definition) is 1. The van der Waals surface area contributed by atoms with Gasteiger partial charge in [-0.05, 0) is 37.8 Å². The van der Waals surface area contributed by atoms with Crippen LogP contribution in [0.4, 0.5) is 10.5 Å². The Morgan fingerprint density at radius 2 is 2.05 bits per heavy atom. The number of para-hydroxylation sites is 1. The van der Waals surface area contributed by atoms with Crippen LogP contribution in [0.3, 0.4) is 0 Å². The van der Waals surface area contributed by atoms with Crippen molar-refractivity contribution in [2.45, 2.75) is 57.3 Å². The van der Waals surface area contributed by atoms with Gasteiger partial charge in [0.1, 0.15) is 11.7 Å². The summed E-state index contributed by atoms with van der Waals surface area (Å²) < 4.78 is 11.9. The number of benzene rings is 1. The minimum atomic E-state index is -0.400. The van der Waals surface area contributed by atoms with Gasteiger partial charge in [0.15, 0.2) is 0 Å². The Kier molecular flexibility index (Phi) is 3.44. The fraction of sp³-hybridized carbons (Fsp3) is 0.588. The van der Waals surface area contributed by atoms with E-state index in [1.54, 1.807) is 0 Å². The summed E-state index contributed by atoms with van der Waals surface area (Å²) in [5.74, 6) is 0.435. The third-order valence-corrected chi connectivity index (χ3v) is 5.01. The second-order valence-electron chi connectivity index (χ2n) is 6.72. The van der Waals surface area contributed by atoms with E-state index in [1.807, 2.05) is 30.3 Å². The average Bonchev–Trinajstić information content (AvgIpc) is 2.92. The van der Waals surface area contributed by atoms with Crippen LogP contribution in [-0.4, -0.2) is 23.4 Å². The van der Waals surface area contributed by atoms with E-state index in [9.17, 15) is 4.79 Å². The van der Waals surface area contributed by atoms with E-state index in [-0.39, 0.29) is 17.3 Å². The number of hydrogen-bond acceptors (Lipinski definition) is 3. The highest BCUT2D eigenvalue weighted by Crippen LogP contribution is 2.54. The van der Waals surface area contributed by atoms with E-state index in [0.29, 0.717) is 5.92 Å². The molecule has 3 rings (SSSR count). The molecule has 0 spiro atoms. The van der Waals surface area contributed by atoms with Crippen LogP contribution < -0.4 is 5.32 Å². The zero-order chi connectivity index (χ0) is 15.1. The Labute approximate surface area is 125 Å². The number of rotatable bonds is 3. The van der Waals surface area contributed by atoms with Gasteiger partial charge in [0.2, 0.25) is 0 Å². The van der Waals surface area contributed by atoms with Crippen LogP contribution in [0.25, 0.3) is 0 Å². The molecule has 4 nitrogen and oxygen atoms in total. The maximum absolute atomic E-state index is 12.1. The highest BCUT2D eigenvalue weighted by atomic mass is 16.6. The minimum Gasteiger partial charge on any atom is -0.443 e. The molecule has 1 amide bonds. The number of carbonyl (C=O) groups is 1. The summed E-state index contributed by atoms with van der Waals surface area (Å²) in [6, 6.07) is 9.36. The first-order valence-corrected chi connectivity index (χ1v) is 7.66. The van der Waals surface area contributed by atoms with Gasteiger partial charge >= 0.3 is 6.09 Å². The Morgan fingerprint density at radius 1 is 1.33 bits per heavy atom. The number of anilines is 1. The molecule has 1 aromatic carbocycles. The van der Waals surface area contributed by atoms with Gasteiger partial charge in [0.25, 0.3) is 0 Å². The zero-order valence-electron chi connectivity index (χ0n) is 12.9. The summed E-state index contributed by atoms with van der Waals surface area (Å²) in [6.45, 7) is 6.42. The summed E-state index contributed by atoms with van der Waals surface area (Å²) in [5.41, 5.74) is 0.292. The molecule has 2 saturated heterocycles. The van der Waals surface area contributed by atoms with E-state index in [1.165, 1.54) is 0 Å². The Bertz CT molecular complexity index is 530. The topological polar surface area (TPSA) is 47.6 Å². The SMILES string of the molecule is CC(C)[C@]12CC[C@](C)(O1)[C@H](OC(=O)Nc1ccccc1)C2. The minimum absolute atomic E-state index is 0.119. The summed E-state index contributed by atoms with van der Waals surface area (Å²) in [7, 11) is 0.